The molecule has 0 radical (unpaired) electrons. The fourth-order valence-electron chi connectivity index (χ4n) is 5.37. The predicted molar refractivity (Wildman–Crippen MR) is 130 cm³/mol. The molecular formula is C28H33NO4. The van der Waals surface area contributed by atoms with Gasteiger partial charge in [-0.1, -0.05) is 23.8 Å². The van der Waals surface area contributed by atoms with Gasteiger partial charge in [0.25, 0.3) is 0 Å². The summed E-state index contributed by atoms with van der Waals surface area (Å²) in [7, 11) is 1.36. The van der Waals surface area contributed by atoms with Gasteiger partial charge in [0.1, 0.15) is 0 Å². The van der Waals surface area contributed by atoms with E-state index in [2.05, 4.69) is 47.8 Å². The van der Waals surface area contributed by atoms with Gasteiger partial charge in [-0.3, -0.25) is 14.4 Å². The average Bonchev–Trinajstić information content (AvgIpc) is 3.15. The number of carbonyl (C=O) groups is 3. The second-order valence-corrected chi connectivity index (χ2v) is 9.21. The van der Waals surface area contributed by atoms with Crippen molar-refractivity contribution in [1.29, 1.82) is 0 Å². The van der Waals surface area contributed by atoms with Crippen molar-refractivity contribution in [2.24, 2.45) is 0 Å². The van der Waals surface area contributed by atoms with Gasteiger partial charge in [-0.15, -0.1) is 0 Å². The van der Waals surface area contributed by atoms with Crippen molar-refractivity contribution in [1.82, 2.24) is 0 Å². The fourth-order valence-corrected chi connectivity index (χ4v) is 5.37. The third-order valence-electron chi connectivity index (χ3n) is 7.21. The molecule has 1 aliphatic heterocycles. The van der Waals surface area contributed by atoms with E-state index in [9.17, 15) is 14.4 Å². The van der Waals surface area contributed by atoms with Crippen molar-refractivity contribution in [3.05, 3.63) is 64.3 Å². The predicted octanol–water partition coefficient (Wildman–Crippen LogP) is 5.46. The molecule has 2 unspecified atom stereocenters. The van der Waals surface area contributed by atoms with E-state index >= 15 is 0 Å². The van der Waals surface area contributed by atoms with Gasteiger partial charge in [0.2, 0.25) is 0 Å². The molecule has 5 nitrogen and oxygen atoms in total. The van der Waals surface area contributed by atoms with Crippen molar-refractivity contribution < 1.29 is 19.1 Å². The molecular weight excluding hydrogens is 414 g/mol. The monoisotopic (exact) mass is 447 g/mol. The van der Waals surface area contributed by atoms with Crippen molar-refractivity contribution in [3.8, 4) is 0 Å². The fraction of sp³-hybridized carbons (Fsp3) is 0.464. The number of esters is 1. The molecule has 3 aliphatic rings. The Bertz CT molecular complexity index is 1060. The van der Waals surface area contributed by atoms with Crippen LogP contribution in [0.5, 0.6) is 0 Å². The minimum absolute atomic E-state index is 0.0405. The normalized spacial score (nSPS) is 21.4. The molecule has 0 bridgehead atoms. The van der Waals surface area contributed by atoms with Crippen LogP contribution in [0.4, 0.5) is 5.69 Å². The quantitative estimate of drug-likeness (QED) is 0.391. The minimum Gasteiger partial charge on any atom is -0.469 e. The molecule has 5 heteroatoms. The van der Waals surface area contributed by atoms with Gasteiger partial charge in [0, 0.05) is 42.1 Å². The summed E-state index contributed by atoms with van der Waals surface area (Å²) in [6.45, 7) is 5.07. The molecule has 174 valence electrons. The second kappa shape index (κ2) is 9.90. The lowest BCUT2D eigenvalue weighted by Gasteiger charge is -2.28. The molecule has 4 rings (SSSR count). The first-order valence-corrected chi connectivity index (χ1v) is 12.1. The Morgan fingerprint density at radius 1 is 1.12 bits per heavy atom. The van der Waals surface area contributed by atoms with Gasteiger partial charge < -0.3 is 9.64 Å². The van der Waals surface area contributed by atoms with Gasteiger partial charge in [-0.25, -0.2) is 0 Å². The summed E-state index contributed by atoms with van der Waals surface area (Å²) in [5.41, 5.74) is 5.89. The van der Waals surface area contributed by atoms with Crippen molar-refractivity contribution >= 4 is 23.2 Å². The number of allylic oxidation sites excluding steroid dienone is 4. The number of benzene rings is 1. The van der Waals surface area contributed by atoms with Crippen LogP contribution >= 0.6 is 0 Å². The SMILES string of the molecule is CCN1c2ccc(C(=O)C3=C(C)CCCC3)cc2C2C=C(C(=O)CCCC(=O)OC)C=CC21. The molecule has 0 aromatic heterocycles. The summed E-state index contributed by atoms with van der Waals surface area (Å²) in [5, 5.41) is 0. The number of anilines is 1. The largest absolute Gasteiger partial charge is 0.469 e. The zero-order chi connectivity index (χ0) is 23.5. The smallest absolute Gasteiger partial charge is 0.305 e. The molecule has 0 saturated heterocycles. The van der Waals surface area contributed by atoms with Crippen molar-refractivity contribution in [3.63, 3.8) is 0 Å². The Morgan fingerprint density at radius 3 is 2.64 bits per heavy atom. The van der Waals surface area contributed by atoms with Gasteiger partial charge in [0.05, 0.1) is 13.2 Å². The number of carbonyl (C=O) groups excluding carboxylic acids is 3. The first-order valence-electron chi connectivity index (χ1n) is 12.1. The Morgan fingerprint density at radius 2 is 1.91 bits per heavy atom. The van der Waals surface area contributed by atoms with Crippen LogP contribution in [0, 0.1) is 0 Å². The summed E-state index contributed by atoms with van der Waals surface area (Å²) in [4.78, 5) is 39.8. The molecule has 1 aromatic rings. The Labute approximate surface area is 196 Å². The summed E-state index contributed by atoms with van der Waals surface area (Å²) < 4.78 is 4.66. The highest BCUT2D eigenvalue weighted by Crippen LogP contribution is 2.45. The standard InChI is InChI=1S/C28H33NO4/c1-4-29-24-14-12-19(26(30)10-7-11-27(31)33-3)16-22(24)23-17-20(13-15-25(23)29)28(32)21-9-6-5-8-18(21)2/h12-17,22,24H,4-11H2,1-3H3. The van der Waals surface area contributed by atoms with Gasteiger partial charge in [-0.2, -0.15) is 0 Å². The highest BCUT2D eigenvalue weighted by atomic mass is 16.5. The van der Waals surface area contributed by atoms with Crippen LogP contribution in [0.2, 0.25) is 0 Å². The number of ketones is 2. The van der Waals surface area contributed by atoms with E-state index < -0.39 is 0 Å². The Kier molecular flexibility index (Phi) is 6.96. The van der Waals surface area contributed by atoms with E-state index in [4.69, 9.17) is 0 Å². The maximum absolute atomic E-state index is 13.3. The number of rotatable bonds is 8. The minimum atomic E-state index is -0.292. The van der Waals surface area contributed by atoms with Crippen LogP contribution in [0.3, 0.4) is 0 Å². The number of fused-ring (bicyclic) bond motifs is 3. The average molecular weight is 448 g/mol. The number of ether oxygens (including phenoxy) is 1. The second-order valence-electron chi connectivity index (χ2n) is 9.21. The molecule has 0 amide bonds. The molecule has 2 atom stereocenters. The number of likely N-dealkylation sites (N-methyl/N-ethyl adjacent to an activating group) is 1. The van der Waals surface area contributed by atoms with Gasteiger partial charge >= 0.3 is 5.97 Å². The van der Waals surface area contributed by atoms with E-state index in [1.165, 1.54) is 12.7 Å². The third kappa shape index (κ3) is 4.59. The maximum atomic E-state index is 13.3. The Balaban J connectivity index is 1.59. The lowest BCUT2D eigenvalue weighted by Crippen LogP contribution is -2.33. The number of hydrogen-bond acceptors (Lipinski definition) is 5. The van der Waals surface area contributed by atoms with Crippen LogP contribution in [-0.4, -0.2) is 37.2 Å². The van der Waals surface area contributed by atoms with Crippen LogP contribution < -0.4 is 4.90 Å². The van der Waals surface area contributed by atoms with Crippen molar-refractivity contribution in [2.75, 3.05) is 18.6 Å². The Hall–Kier alpha value is -2.95. The number of Topliss-reactive ketones (excluding diaryl/α,β-unsaturated/α-hetero) is 2. The first kappa shape index (κ1) is 23.2. The van der Waals surface area contributed by atoms with Crippen LogP contribution in [0.1, 0.15) is 80.6 Å². The highest BCUT2D eigenvalue weighted by Gasteiger charge is 2.37. The topological polar surface area (TPSA) is 63.7 Å². The summed E-state index contributed by atoms with van der Waals surface area (Å²) >= 11 is 0. The number of methoxy groups -OCH3 is 1. The van der Waals surface area contributed by atoms with E-state index in [-0.39, 0.29) is 35.9 Å². The van der Waals surface area contributed by atoms with Crippen LogP contribution in [-0.2, 0) is 14.3 Å². The summed E-state index contributed by atoms with van der Waals surface area (Å²) in [6.07, 6.45) is 11.2. The summed E-state index contributed by atoms with van der Waals surface area (Å²) in [5.74, 6) is -0.0604. The molecule has 1 heterocycles. The zero-order valence-electron chi connectivity index (χ0n) is 19.9. The first-order chi connectivity index (χ1) is 15.9. The molecule has 0 N–H and O–H groups in total. The van der Waals surface area contributed by atoms with Crippen LogP contribution in [0.25, 0.3) is 0 Å². The van der Waals surface area contributed by atoms with E-state index in [1.54, 1.807) is 0 Å². The number of hydrogen-bond donors (Lipinski definition) is 0. The van der Waals surface area contributed by atoms with E-state index in [0.717, 1.165) is 54.6 Å². The number of nitrogens with zero attached hydrogens (tertiary/aromatic N) is 1. The maximum Gasteiger partial charge on any atom is 0.305 e. The summed E-state index contributed by atoms with van der Waals surface area (Å²) in [6, 6.07) is 6.23. The highest BCUT2D eigenvalue weighted by molar-refractivity contribution is 6.09. The zero-order valence-corrected chi connectivity index (χ0v) is 19.9. The van der Waals surface area contributed by atoms with Gasteiger partial charge in [0.15, 0.2) is 11.6 Å². The molecule has 2 aliphatic carbocycles. The third-order valence-corrected chi connectivity index (χ3v) is 7.21. The van der Waals surface area contributed by atoms with E-state index in [1.807, 2.05) is 12.1 Å². The lowest BCUT2D eigenvalue weighted by atomic mass is 9.84. The van der Waals surface area contributed by atoms with Gasteiger partial charge in [-0.05, 0) is 75.3 Å². The molecule has 0 saturated carbocycles. The van der Waals surface area contributed by atoms with Crippen molar-refractivity contribution in [2.45, 2.75) is 70.8 Å². The molecule has 1 aromatic carbocycles. The van der Waals surface area contributed by atoms with E-state index in [0.29, 0.717) is 18.4 Å². The van der Waals surface area contributed by atoms with Crippen LogP contribution in [0.15, 0.2) is 53.1 Å². The lowest BCUT2D eigenvalue weighted by molar-refractivity contribution is -0.140. The molecule has 0 spiro atoms. The molecule has 33 heavy (non-hydrogen) atoms. The molecule has 0 fully saturated rings.